The zero-order valence-corrected chi connectivity index (χ0v) is 12.9. The normalized spacial score (nSPS) is 10.9. The third kappa shape index (κ3) is 2.57. The first-order chi connectivity index (χ1) is 10.6. The Morgan fingerprint density at radius 3 is 2.64 bits per heavy atom. The first-order valence-electron chi connectivity index (χ1n) is 7.30. The Morgan fingerprint density at radius 2 is 1.95 bits per heavy atom. The van der Waals surface area contributed by atoms with Crippen LogP contribution in [0.15, 0.2) is 36.5 Å². The lowest BCUT2D eigenvalue weighted by atomic mass is 10.1. The van der Waals surface area contributed by atoms with Crippen molar-refractivity contribution in [1.82, 2.24) is 14.6 Å². The van der Waals surface area contributed by atoms with Crippen molar-refractivity contribution in [3.05, 3.63) is 59.0 Å². The maximum absolute atomic E-state index is 12.5. The van der Waals surface area contributed by atoms with Gasteiger partial charge in [-0.25, -0.2) is 9.50 Å². The minimum Gasteiger partial charge on any atom is -0.322 e. The molecule has 0 aliphatic heterocycles. The van der Waals surface area contributed by atoms with Gasteiger partial charge in [0.05, 0.1) is 6.20 Å². The number of nitrogens with zero attached hydrogens (tertiary/aromatic N) is 3. The van der Waals surface area contributed by atoms with Crippen LogP contribution in [0.3, 0.4) is 0 Å². The molecule has 0 aliphatic carbocycles. The van der Waals surface area contributed by atoms with Crippen LogP contribution in [0.4, 0.5) is 5.69 Å². The van der Waals surface area contributed by atoms with Gasteiger partial charge in [-0.1, -0.05) is 19.1 Å². The molecule has 0 aliphatic rings. The van der Waals surface area contributed by atoms with Crippen molar-refractivity contribution in [2.75, 3.05) is 5.32 Å². The number of aromatic nitrogens is 3. The number of anilines is 1. The third-order valence-corrected chi connectivity index (χ3v) is 3.64. The molecule has 0 saturated heterocycles. The summed E-state index contributed by atoms with van der Waals surface area (Å²) in [6, 6.07) is 9.78. The number of fused-ring (bicyclic) bond motifs is 1. The molecule has 1 aromatic carbocycles. The molecule has 5 nitrogen and oxygen atoms in total. The van der Waals surface area contributed by atoms with Gasteiger partial charge in [-0.15, -0.1) is 0 Å². The van der Waals surface area contributed by atoms with Crippen molar-refractivity contribution in [2.24, 2.45) is 0 Å². The first-order valence-corrected chi connectivity index (χ1v) is 7.30. The number of benzene rings is 1. The van der Waals surface area contributed by atoms with Crippen molar-refractivity contribution in [3.63, 3.8) is 0 Å². The number of rotatable bonds is 3. The highest BCUT2D eigenvalue weighted by Crippen LogP contribution is 2.15. The maximum Gasteiger partial charge on any atom is 0.261 e. The number of aryl methyl sites for hydroxylation is 3. The minimum atomic E-state index is -0.197. The van der Waals surface area contributed by atoms with Gasteiger partial charge in [-0.3, -0.25) is 4.79 Å². The predicted molar refractivity (Wildman–Crippen MR) is 86.2 cm³/mol. The molecule has 0 radical (unpaired) electrons. The Morgan fingerprint density at radius 1 is 1.23 bits per heavy atom. The van der Waals surface area contributed by atoms with E-state index < -0.39 is 0 Å². The summed E-state index contributed by atoms with van der Waals surface area (Å²) in [6.07, 6.45) is 2.54. The van der Waals surface area contributed by atoms with E-state index in [9.17, 15) is 4.79 Å². The molecule has 112 valence electrons. The van der Waals surface area contributed by atoms with Crippen molar-refractivity contribution in [2.45, 2.75) is 27.2 Å². The lowest BCUT2D eigenvalue weighted by Gasteiger charge is -2.06. The molecule has 0 atom stereocenters. The van der Waals surface area contributed by atoms with E-state index in [1.165, 1.54) is 5.56 Å². The minimum absolute atomic E-state index is 0.197. The van der Waals surface area contributed by atoms with Crippen LogP contribution in [-0.4, -0.2) is 20.5 Å². The molecular formula is C17H18N4O. The molecule has 1 N–H and O–H groups in total. The second-order valence-corrected chi connectivity index (χ2v) is 5.34. The molecule has 0 bridgehead atoms. The summed E-state index contributed by atoms with van der Waals surface area (Å²) in [5.41, 5.74) is 4.89. The fourth-order valence-corrected chi connectivity index (χ4v) is 2.45. The summed E-state index contributed by atoms with van der Waals surface area (Å²) in [6.45, 7) is 5.95. The molecule has 2 heterocycles. The monoisotopic (exact) mass is 294 g/mol. The molecule has 3 rings (SSSR count). The Labute approximate surface area is 129 Å². The average Bonchev–Trinajstić information content (AvgIpc) is 2.92. The quantitative estimate of drug-likeness (QED) is 0.807. The number of nitrogens with one attached hydrogen (secondary N) is 1. The molecule has 0 spiro atoms. The van der Waals surface area contributed by atoms with Gasteiger partial charge in [-0.05, 0) is 44.0 Å². The zero-order valence-electron chi connectivity index (χ0n) is 12.9. The van der Waals surface area contributed by atoms with Crippen molar-refractivity contribution in [3.8, 4) is 0 Å². The topological polar surface area (TPSA) is 59.3 Å². The molecule has 3 aromatic rings. The van der Waals surface area contributed by atoms with Gasteiger partial charge in [-0.2, -0.15) is 5.10 Å². The first kappa shape index (κ1) is 14.3. The molecule has 0 unspecified atom stereocenters. The van der Waals surface area contributed by atoms with E-state index >= 15 is 0 Å². The lowest BCUT2D eigenvalue weighted by molar-refractivity contribution is 0.102. The summed E-state index contributed by atoms with van der Waals surface area (Å²) < 4.78 is 1.68. The lowest BCUT2D eigenvalue weighted by Crippen LogP contribution is -2.12. The summed E-state index contributed by atoms with van der Waals surface area (Å²) in [5, 5.41) is 7.14. The number of hydrogen-bond donors (Lipinski definition) is 1. The van der Waals surface area contributed by atoms with E-state index in [4.69, 9.17) is 0 Å². The average molecular weight is 294 g/mol. The number of amides is 1. The molecule has 0 saturated carbocycles. The maximum atomic E-state index is 12.5. The SMILES string of the molecule is CCc1ccc(NC(=O)c2cnn3c(C)cc(C)nc23)cc1. The standard InChI is InChI=1S/C17H18N4O/c1-4-13-5-7-14(8-6-13)20-17(22)15-10-18-21-12(3)9-11(2)19-16(15)21/h5-10H,4H2,1-3H3,(H,20,22). The van der Waals surface area contributed by atoms with Gasteiger partial charge >= 0.3 is 0 Å². The van der Waals surface area contributed by atoms with Crippen LogP contribution in [0, 0.1) is 13.8 Å². The van der Waals surface area contributed by atoms with E-state index in [1.54, 1.807) is 10.7 Å². The van der Waals surface area contributed by atoms with E-state index in [0.717, 1.165) is 23.5 Å². The van der Waals surface area contributed by atoms with E-state index in [1.807, 2.05) is 44.2 Å². The Bertz CT molecular complexity index is 834. The van der Waals surface area contributed by atoms with Crippen molar-refractivity contribution >= 4 is 17.2 Å². The highest BCUT2D eigenvalue weighted by atomic mass is 16.1. The van der Waals surface area contributed by atoms with Gasteiger partial charge in [0.25, 0.3) is 5.91 Å². The van der Waals surface area contributed by atoms with Crippen LogP contribution in [-0.2, 0) is 6.42 Å². The smallest absolute Gasteiger partial charge is 0.261 e. The molecule has 22 heavy (non-hydrogen) atoms. The van der Waals surface area contributed by atoms with Gasteiger partial charge < -0.3 is 5.32 Å². The molecule has 0 fully saturated rings. The number of carbonyl (C=O) groups excluding carboxylic acids is 1. The molecule has 5 heteroatoms. The molecule has 1 amide bonds. The second kappa shape index (κ2) is 5.60. The van der Waals surface area contributed by atoms with Gasteiger partial charge in [0, 0.05) is 17.1 Å². The number of hydrogen-bond acceptors (Lipinski definition) is 3. The van der Waals surface area contributed by atoms with Gasteiger partial charge in [0.2, 0.25) is 0 Å². The van der Waals surface area contributed by atoms with E-state index in [2.05, 4.69) is 22.3 Å². The molecule has 2 aromatic heterocycles. The summed E-state index contributed by atoms with van der Waals surface area (Å²) in [5.74, 6) is -0.197. The highest BCUT2D eigenvalue weighted by Gasteiger charge is 2.15. The predicted octanol–water partition coefficient (Wildman–Crippen LogP) is 3.16. The largest absolute Gasteiger partial charge is 0.322 e. The summed E-state index contributed by atoms with van der Waals surface area (Å²) in [4.78, 5) is 16.9. The van der Waals surface area contributed by atoms with Crippen molar-refractivity contribution < 1.29 is 4.79 Å². The summed E-state index contributed by atoms with van der Waals surface area (Å²) in [7, 11) is 0. The Hall–Kier alpha value is -2.69. The van der Waals surface area contributed by atoms with Crippen LogP contribution in [0.2, 0.25) is 0 Å². The third-order valence-electron chi connectivity index (χ3n) is 3.64. The van der Waals surface area contributed by atoms with Crippen LogP contribution in [0.25, 0.3) is 5.65 Å². The highest BCUT2D eigenvalue weighted by molar-refractivity contribution is 6.08. The fraction of sp³-hybridized carbons (Fsp3) is 0.235. The van der Waals surface area contributed by atoms with Crippen molar-refractivity contribution in [1.29, 1.82) is 0 Å². The van der Waals surface area contributed by atoms with Crippen LogP contribution in [0.5, 0.6) is 0 Å². The second-order valence-electron chi connectivity index (χ2n) is 5.34. The van der Waals surface area contributed by atoms with Crippen LogP contribution in [0.1, 0.15) is 34.2 Å². The van der Waals surface area contributed by atoms with E-state index in [0.29, 0.717) is 11.2 Å². The number of carbonyl (C=O) groups is 1. The Balaban J connectivity index is 1.91. The fourth-order valence-electron chi connectivity index (χ4n) is 2.45. The Kier molecular flexibility index (Phi) is 3.63. The van der Waals surface area contributed by atoms with Crippen LogP contribution >= 0.6 is 0 Å². The molecular weight excluding hydrogens is 276 g/mol. The van der Waals surface area contributed by atoms with Crippen LogP contribution < -0.4 is 5.32 Å². The zero-order chi connectivity index (χ0) is 15.7. The summed E-state index contributed by atoms with van der Waals surface area (Å²) >= 11 is 0. The van der Waals surface area contributed by atoms with Gasteiger partial charge in [0.1, 0.15) is 5.56 Å². The van der Waals surface area contributed by atoms with Gasteiger partial charge in [0.15, 0.2) is 5.65 Å². The van der Waals surface area contributed by atoms with E-state index in [-0.39, 0.29) is 5.91 Å².